The topological polar surface area (TPSA) is 46.9 Å². The van der Waals surface area contributed by atoms with E-state index >= 15 is 0 Å². The quantitative estimate of drug-likeness (QED) is 0.719. The minimum Gasteiger partial charge on any atom is -0.329 e. The second-order valence-corrected chi connectivity index (χ2v) is 3.59. The predicted octanol–water partition coefficient (Wildman–Crippen LogP) is 0.695. The Morgan fingerprint density at radius 1 is 1.79 bits per heavy atom. The highest BCUT2D eigenvalue weighted by molar-refractivity contribution is 5.95. The van der Waals surface area contributed by atoms with Gasteiger partial charge in [-0.15, -0.1) is 0 Å². The van der Waals surface area contributed by atoms with Crippen LogP contribution in [0.4, 0.5) is 0 Å². The van der Waals surface area contributed by atoms with Gasteiger partial charge in [0.1, 0.15) is 0 Å². The van der Waals surface area contributed by atoms with Gasteiger partial charge in [0.25, 0.3) is 0 Å². The number of aryl methyl sites for hydroxylation is 1. The Morgan fingerprint density at radius 2 is 2.64 bits per heavy atom. The molecule has 2 rings (SSSR count). The van der Waals surface area contributed by atoms with Crippen LogP contribution in [0.2, 0.25) is 0 Å². The minimum absolute atomic E-state index is 0.127. The highest BCUT2D eigenvalue weighted by Gasteiger charge is 2.26. The van der Waals surface area contributed by atoms with Crippen molar-refractivity contribution in [1.29, 1.82) is 0 Å². The van der Waals surface area contributed by atoms with Gasteiger partial charge in [0.05, 0.1) is 0 Å². The summed E-state index contributed by atoms with van der Waals surface area (Å²) >= 11 is 0. The van der Waals surface area contributed by atoms with E-state index in [-0.39, 0.29) is 11.7 Å². The minimum atomic E-state index is 0.127. The summed E-state index contributed by atoms with van der Waals surface area (Å²) in [5, 5.41) is 3.19. The summed E-state index contributed by atoms with van der Waals surface area (Å²) in [4.78, 5) is 16.1. The number of ketones is 1. The van der Waals surface area contributed by atoms with Gasteiger partial charge in [0.15, 0.2) is 5.82 Å². The Bertz CT molecular complexity index is 326. The van der Waals surface area contributed by atoms with Gasteiger partial charge >= 0.3 is 0 Å². The van der Waals surface area contributed by atoms with Gasteiger partial charge in [-0.1, -0.05) is 0 Å². The number of nitrogens with one attached hydrogen (secondary N) is 1. The van der Waals surface area contributed by atoms with E-state index in [0.29, 0.717) is 5.82 Å². The van der Waals surface area contributed by atoms with Crippen LogP contribution in [-0.2, 0) is 6.54 Å². The third-order valence-corrected chi connectivity index (χ3v) is 2.71. The van der Waals surface area contributed by atoms with Gasteiger partial charge in [-0.2, -0.15) is 0 Å². The molecular formula is C10H15N3O. The van der Waals surface area contributed by atoms with Gasteiger partial charge in [0, 0.05) is 31.4 Å². The van der Waals surface area contributed by atoms with Crippen LogP contribution >= 0.6 is 0 Å². The lowest BCUT2D eigenvalue weighted by Crippen LogP contribution is -2.21. The first-order valence-corrected chi connectivity index (χ1v) is 5.09. The number of carbonyl (C=O) groups is 1. The van der Waals surface area contributed by atoms with Gasteiger partial charge < -0.3 is 9.88 Å². The van der Waals surface area contributed by atoms with E-state index in [0.717, 1.165) is 26.1 Å². The number of hydrogen-bond acceptors (Lipinski definition) is 3. The summed E-state index contributed by atoms with van der Waals surface area (Å²) in [6, 6.07) is 0. The molecule has 1 N–H and O–H groups in total. The summed E-state index contributed by atoms with van der Waals surface area (Å²) in [6.45, 7) is 4.57. The van der Waals surface area contributed by atoms with Gasteiger partial charge in [-0.05, 0) is 19.9 Å². The van der Waals surface area contributed by atoms with Crippen molar-refractivity contribution < 1.29 is 4.79 Å². The Kier molecular flexibility index (Phi) is 2.63. The highest BCUT2D eigenvalue weighted by atomic mass is 16.1. The van der Waals surface area contributed by atoms with Crippen LogP contribution < -0.4 is 5.32 Å². The Morgan fingerprint density at radius 3 is 3.29 bits per heavy atom. The molecule has 0 amide bonds. The Labute approximate surface area is 83.3 Å². The third-order valence-electron chi connectivity index (χ3n) is 2.71. The normalized spacial score (nSPS) is 21.4. The van der Waals surface area contributed by atoms with Gasteiger partial charge in [-0.25, -0.2) is 4.98 Å². The number of aromatic nitrogens is 2. The molecule has 0 aromatic carbocycles. The van der Waals surface area contributed by atoms with Crippen LogP contribution in [0.25, 0.3) is 0 Å². The molecule has 1 fully saturated rings. The first-order valence-electron chi connectivity index (χ1n) is 5.09. The summed E-state index contributed by atoms with van der Waals surface area (Å²) in [6.07, 6.45) is 4.49. The smallest absolute Gasteiger partial charge is 0.202 e. The number of Topliss-reactive ketones (excluding diaryl/α,β-unsaturated/α-hetero) is 1. The summed E-state index contributed by atoms with van der Waals surface area (Å²) < 4.78 is 1.90. The monoisotopic (exact) mass is 193 g/mol. The average molecular weight is 193 g/mol. The SMILES string of the molecule is CCn1ccnc1C(=O)C1CCNC1. The van der Waals surface area contributed by atoms with Gasteiger partial charge in [-0.3, -0.25) is 4.79 Å². The molecule has 14 heavy (non-hydrogen) atoms. The van der Waals surface area contributed by atoms with Crippen molar-refractivity contribution in [3.05, 3.63) is 18.2 Å². The van der Waals surface area contributed by atoms with Crippen molar-refractivity contribution in [3.8, 4) is 0 Å². The van der Waals surface area contributed by atoms with Crippen molar-refractivity contribution in [2.75, 3.05) is 13.1 Å². The predicted molar refractivity (Wildman–Crippen MR) is 53.2 cm³/mol. The molecule has 2 heterocycles. The second-order valence-electron chi connectivity index (χ2n) is 3.59. The van der Waals surface area contributed by atoms with Crippen LogP contribution in [0, 0.1) is 5.92 Å². The second kappa shape index (κ2) is 3.92. The van der Waals surface area contributed by atoms with Crippen molar-refractivity contribution in [1.82, 2.24) is 14.9 Å². The lowest BCUT2D eigenvalue weighted by atomic mass is 10.0. The van der Waals surface area contributed by atoms with Crippen molar-refractivity contribution in [2.24, 2.45) is 5.92 Å². The molecule has 0 spiro atoms. The first kappa shape index (κ1) is 9.40. The maximum absolute atomic E-state index is 12.0. The molecule has 76 valence electrons. The zero-order chi connectivity index (χ0) is 9.97. The van der Waals surface area contributed by atoms with Crippen LogP contribution in [-0.4, -0.2) is 28.4 Å². The molecule has 1 saturated heterocycles. The molecular weight excluding hydrogens is 178 g/mol. The molecule has 0 saturated carbocycles. The highest BCUT2D eigenvalue weighted by Crippen LogP contribution is 2.14. The number of rotatable bonds is 3. The number of hydrogen-bond donors (Lipinski definition) is 1. The molecule has 0 radical (unpaired) electrons. The summed E-state index contributed by atoms with van der Waals surface area (Å²) in [5.41, 5.74) is 0. The largest absolute Gasteiger partial charge is 0.329 e. The molecule has 1 unspecified atom stereocenters. The zero-order valence-electron chi connectivity index (χ0n) is 8.36. The maximum Gasteiger partial charge on any atom is 0.202 e. The van der Waals surface area contributed by atoms with E-state index in [1.54, 1.807) is 6.20 Å². The maximum atomic E-state index is 12.0. The van der Waals surface area contributed by atoms with E-state index in [2.05, 4.69) is 10.3 Å². The fraction of sp³-hybridized carbons (Fsp3) is 0.600. The lowest BCUT2D eigenvalue weighted by Gasteiger charge is -2.07. The standard InChI is InChI=1S/C10H15N3O/c1-2-13-6-5-12-10(13)9(14)8-3-4-11-7-8/h5-6,8,11H,2-4,7H2,1H3. The molecule has 1 aliphatic rings. The van der Waals surface area contributed by atoms with Crippen LogP contribution in [0.3, 0.4) is 0 Å². The first-order chi connectivity index (χ1) is 6.83. The summed E-state index contributed by atoms with van der Waals surface area (Å²) in [7, 11) is 0. The van der Waals surface area contributed by atoms with Crippen LogP contribution in [0.5, 0.6) is 0 Å². The van der Waals surface area contributed by atoms with E-state index in [9.17, 15) is 4.79 Å². The third kappa shape index (κ3) is 1.57. The van der Waals surface area contributed by atoms with E-state index in [1.165, 1.54) is 0 Å². The number of carbonyl (C=O) groups excluding carboxylic acids is 1. The van der Waals surface area contributed by atoms with Crippen molar-refractivity contribution >= 4 is 5.78 Å². The molecule has 0 aliphatic carbocycles. The lowest BCUT2D eigenvalue weighted by molar-refractivity contribution is 0.0915. The molecule has 1 atom stereocenters. The van der Waals surface area contributed by atoms with E-state index in [4.69, 9.17) is 0 Å². The molecule has 4 heteroatoms. The zero-order valence-corrected chi connectivity index (χ0v) is 8.36. The Balaban J connectivity index is 2.17. The van der Waals surface area contributed by atoms with E-state index < -0.39 is 0 Å². The van der Waals surface area contributed by atoms with Crippen LogP contribution in [0.1, 0.15) is 24.0 Å². The molecule has 1 aliphatic heterocycles. The van der Waals surface area contributed by atoms with Crippen molar-refractivity contribution in [3.63, 3.8) is 0 Å². The summed E-state index contributed by atoms with van der Waals surface area (Å²) in [5.74, 6) is 0.922. The van der Waals surface area contributed by atoms with Gasteiger partial charge in [0.2, 0.25) is 5.78 Å². The average Bonchev–Trinajstić information content (AvgIpc) is 2.87. The molecule has 4 nitrogen and oxygen atoms in total. The van der Waals surface area contributed by atoms with Crippen molar-refractivity contribution in [2.45, 2.75) is 19.9 Å². The number of nitrogens with zero attached hydrogens (tertiary/aromatic N) is 2. The molecule has 1 aromatic heterocycles. The van der Waals surface area contributed by atoms with E-state index in [1.807, 2.05) is 17.7 Å². The molecule has 1 aromatic rings. The fourth-order valence-corrected chi connectivity index (χ4v) is 1.85. The molecule has 0 bridgehead atoms. The fourth-order valence-electron chi connectivity index (χ4n) is 1.85. The number of imidazole rings is 1. The van der Waals surface area contributed by atoms with Crippen LogP contribution in [0.15, 0.2) is 12.4 Å². The Hall–Kier alpha value is -1.16.